The Morgan fingerprint density at radius 3 is 2.50 bits per heavy atom. The minimum atomic E-state index is 0.0243. The summed E-state index contributed by atoms with van der Waals surface area (Å²) < 4.78 is 5.68. The minimum Gasteiger partial charge on any atom is -0.462 e. The Kier molecular flexibility index (Phi) is 3.85. The summed E-state index contributed by atoms with van der Waals surface area (Å²) in [6, 6.07) is 0. The number of nitrogens with one attached hydrogen (secondary N) is 1. The van der Waals surface area contributed by atoms with Gasteiger partial charge in [0.2, 0.25) is 0 Å². The molecule has 3 nitrogen and oxygen atoms in total. The van der Waals surface area contributed by atoms with Gasteiger partial charge in [-0.3, -0.25) is 4.79 Å². The van der Waals surface area contributed by atoms with Crippen LogP contribution in [-0.2, 0) is 9.53 Å². The lowest BCUT2D eigenvalue weighted by Crippen LogP contribution is -2.33. The van der Waals surface area contributed by atoms with Gasteiger partial charge in [-0.25, -0.2) is 0 Å². The maximum absolute atomic E-state index is 12.0. The van der Waals surface area contributed by atoms with Crippen molar-refractivity contribution in [2.45, 2.75) is 45.6 Å². The molecule has 1 saturated carbocycles. The zero-order valence-corrected chi connectivity index (χ0v) is 10.4. The summed E-state index contributed by atoms with van der Waals surface area (Å²) in [6.45, 7) is 6.06. The quantitative estimate of drug-likeness (QED) is 0.730. The fourth-order valence-corrected chi connectivity index (χ4v) is 2.82. The van der Waals surface area contributed by atoms with Gasteiger partial charge in [0.1, 0.15) is 6.10 Å². The molecule has 0 aromatic carbocycles. The van der Waals surface area contributed by atoms with Crippen LogP contribution in [0.25, 0.3) is 0 Å². The number of hydrogen-bond donors (Lipinski definition) is 1. The second-order valence-corrected chi connectivity index (χ2v) is 5.48. The third-order valence-corrected chi connectivity index (χ3v) is 4.12. The van der Waals surface area contributed by atoms with E-state index in [1.807, 2.05) is 0 Å². The van der Waals surface area contributed by atoms with Crippen molar-refractivity contribution in [1.82, 2.24) is 5.32 Å². The number of esters is 1. The SMILES string of the molecule is CC1CCCCC1OC(=O)C1CNCC1C. The first-order valence-corrected chi connectivity index (χ1v) is 6.59. The number of carbonyl (C=O) groups is 1. The summed E-state index contributed by atoms with van der Waals surface area (Å²) in [6.07, 6.45) is 4.93. The van der Waals surface area contributed by atoms with Crippen LogP contribution < -0.4 is 5.32 Å². The number of carbonyl (C=O) groups excluding carboxylic acids is 1. The van der Waals surface area contributed by atoms with E-state index >= 15 is 0 Å². The van der Waals surface area contributed by atoms with E-state index in [0.29, 0.717) is 11.8 Å². The van der Waals surface area contributed by atoms with E-state index in [9.17, 15) is 4.79 Å². The molecule has 0 radical (unpaired) electrons. The highest BCUT2D eigenvalue weighted by Crippen LogP contribution is 2.28. The zero-order valence-electron chi connectivity index (χ0n) is 10.4. The highest BCUT2D eigenvalue weighted by molar-refractivity contribution is 5.73. The van der Waals surface area contributed by atoms with E-state index in [0.717, 1.165) is 19.5 Å². The van der Waals surface area contributed by atoms with E-state index in [1.165, 1.54) is 19.3 Å². The molecule has 2 fully saturated rings. The molecule has 4 atom stereocenters. The Bertz CT molecular complexity index is 254. The van der Waals surface area contributed by atoms with Crippen LogP contribution in [0.2, 0.25) is 0 Å². The molecule has 0 aromatic rings. The topological polar surface area (TPSA) is 38.3 Å². The molecule has 1 aliphatic carbocycles. The van der Waals surface area contributed by atoms with Crippen molar-refractivity contribution in [3.8, 4) is 0 Å². The second kappa shape index (κ2) is 5.17. The molecule has 1 heterocycles. The summed E-state index contributed by atoms with van der Waals surface area (Å²) in [5, 5.41) is 3.25. The normalized spacial score (nSPS) is 39.6. The monoisotopic (exact) mass is 225 g/mol. The predicted octanol–water partition coefficient (Wildman–Crippen LogP) is 1.96. The van der Waals surface area contributed by atoms with Gasteiger partial charge in [-0.05, 0) is 37.6 Å². The van der Waals surface area contributed by atoms with E-state index in [1.54, 1.807) is 0 Å². The molecule has 0 amide bonds. The molecule has 1 N–H and O–H groups in total. The lowest BCUT2D eigenvalue weighted by atomic mass is 9.87. The fraction of sp³-hybridized carbons (Fsp3) is 0.923. The molecule has 0 aromatic heterocycles. The van der Waals surface area contributed by atoms with Crippen LogP contribution in [0.5, 0.6) is 0 Å². The van der Waals surface area contributed by atoms with Crippen LogP contribution in [-0.4, -0.2) is 25.2 Å². The van der Waals surface area contributed by atoms with Crippen LogP contribution in [0.15, 0.2) is 0 Å². The molecule has 2 aliphatic rings. The van der Waals surface area contributed by atoms with Crippen LogP contribution in [0, 0.1) is 17.8 Å². The third kappa shape index (κ3) is 2.57. The number of rotatable bonds is 2. The Hall–Kier alpha value is -0.570. The van der Waals surface area contributed by atoms with Gasteiger partial charge in [0.25, 0.3) is 0 Å². The first-order chi connectivity index (χ1) is 7.68. The van der Waals surface area contributed by atoms with Crippen LogP contribution >= 0.6 is 0 Å². The largest absolute Gasteiger partial charge is 0.462 e. The smallest absolute Gasteiger partial charge is 0.310 e. The van der Waals surface area contributed by atoms with Crippen LogP contribution in [0.1, 0.15) is 39.5 Å². The van der Waals surface area contributed by atoms with Crippen molar-refractivity contribution in [1.29, 1.82) is 0 Å². The predicted molar refractivity (Wildman–Crippen MR) is 63.0 cm³/mol. The van der Waals surface area contributed by atoms with E-state index in [2.05, 4.69) is 19.2 Å². The van der Waals surface area contributed by atoms with E-state index in [-0.39, 0.29) is 18.0 Å². The Balaban J connectivity index is 1.86. The van der Waals surface area contributed by atoms with Gasteiger partial charge in [0, 0.05) is 6.54 Å². The molecular formula is C13H23NO2. The lowest BCUT2D eigenvalue weighted by molar-refractivity contribution is -0.158. The molecule has 0 spiro atoms. The average Bonchev–Trinajstić information content (AvgIpc) is 2.68. The average molecular weight is 225 g/mol. The summed E-state index contributed by atoms with van der Waals surface area (Å²) in [5.41, 5.74) is 0. The molecule has 3 heteroatoms. The van der Waals surface area contributed by atoms with Gasteiger partial charge in [0.05, 0.1) is 5.92 Å². The molecule has 16 heavy (non-hydrogen) atoms. The summed E-state index contributed by atoms with van der Waals surface area (Å²) >= 11 is 0. The fourth-order valence-electron chi connectivity index (χ4n) is 2.82. The highest BCUT2D eigenvalue weighted by Gasteiger charge is 2.33. The standard InChI is InChI=1S/C13H23NO2/c1-9-5-3-4-6-12(9)16-13(15)11-8-14-7-10(11)2/h9-12,14H,3-8H2,1-2H3. The van der Waals surface area contributed by atoms with Gasteiger partial charge in [0.15, 0.2) is 0 Å². The van der Waals surface area contributed by atoms with Crippen molar-refractivity contribution in [3.05, 3.63) is 0 Å². The summed E-state index contributed by atoms with van der Waals surface area (Å²) in [7, 11) is 0. The second-order valence-electron chi connectivity index (χ2n) is 5.48. The van der Waals surface area contributed by atoms with Crippen LogP contribution in [0.3, 0.4) is 0 Å². The first kappa shape index (κ1) is 11.9. The summed E-state index contributed by atoms with van der Waals surface area (Å²) in [4.78, 5) is 12.0. The van der Waals surface area contributed by atoms with Gasteiger partial charge in [-0.1, -0.05) is 20.3 Å². The van der Waals surface area contributed by atoms with Crippen molar-refractivity contribution in [3.63, 3.8) is 0 Å². The molecule has 2 rings (SSSR count). The maximum atomic E-state index is 12.0. The van der Waals surface area contributed by atoms with Crippen molar-refractivity contribution < 1.29 is 9.53 Å². The summed E-state index contributed by atoms with van der Waals surface area (Å²) in [5.74, 6) is 1.07. The van der Waals surface area contributed by atoms with Crippen molar-refractivity contribution in [2.75, 3.05) is 13.1 Å². The third-order valence-electron chi connectivity index (χ3n) is 4.12. The molecule has 4 unspecified atom stereocenters. The van der Waals surface area contributed by atoms with Crippen molar-refractivity contribution >= 4 is 5.97 Å². The molecular weight excluding hydrogens is 202 g/mol. The first-order valence-electron chi connectivity index (χ1n) is 6.59. The lowest BCUT2D eigenvalue weighted by Gasteiger charge is -2.29. The van der Waals surface area contributed by atoms with Crippen molar-refractivity contribution in [2.24, 2.45) is 17.8 Å². The number of hydrogen-bond acceptors (Lipinski definition) is 3. The van der Waals surface area contributed by atoms with Crippen LogP contribution in [0.4, 0.5) is 0 Å². The molecule has 92 valence electrons. The van der Waals surface area contributed by atoms with Gasteiger partial charge in [-0.15, -0.1) is 0 Å². The van der Waals surface area contributed by atoms with Gasteiger partial charge in [-0.2, -0.15) is 0 Å². The molecule has 0 bridgehead atoms. The Morgan fingerprint density at radius 2 is 1.88 bits per heavy atom. The van der Waals surface area contributed by atoms with E-state index < -0.39 is 0 Å². The molecule has 1 aliphatic heterocycles. The molecule has 1 saturated heterocycles. The Labute approximate surface area is 97.9 Å². The Morgan fingerprint density at radius 1 is 1.12 bits per heavy atom. The van der Waals surface area contributed by atoms with Gasteiger partial charge < -0.3 is 10.1 Å². The zero-order chi connectivity index (χ0) is 11.5. The minimum absolute atomic E-state index is 0.0243. The van der Waals surface area contributed by atoms with E-state index in [4.69, 9.17) is 4.74 Å². The van der Waals surface area contributed by atoms with Gasteiger partial charge >= 0.3 is 5.97 Å². The maximum Gasteiger partial charge on any atom is 0.310 e. The number of ether oxygens (including phenoxy) is 1. The highest BCUT2D eigenvalue weighted by atomic mass is 16.5.